The summed E-state index contributed by atoms with van der Waals surface area (Å²) in [6.07, 6.45) is 7.99. The van der Waals surface area contributed by atoms with Crippen molar-refractivity contribution >= 4 is 21.6 Å². The number of hydrogen-bond acceptors (Lipinski definition) is 4. The third-order valence-electron chi connectivity index (χ3n) is 5.55. The van der Waals surface area contributed by atoms with Crippen LogP contribution in [0.25, 0.3) is 0 Å². The molecule has 3 rings (SSSR count). The Morgan fingerprint density at radius 3 is 2.44 bits per heavy atom. The molecule has 1 saturated carbocycles. The molecule has 0 aromatic heterocycles. The first-order valence-corrected chi connectivity index (χ1v) is 11.5. The van der Waals surface area contributed by atoms with E-state index in [2.05, 4.69) is 17.6 Å². The second-order valence-electron chi connectivity index (χ2n) is 7.90. The zero-order valence-electron chi connectivity index (χ0n) is 16.1. The number of piperidine rings is 1. The molecule has 1 aliphatic carbocycles. The van der Waals surface area contributed by atoms with E-state index in [1.54, 1.807) is 28.6 Å². The average Bonchev–Trinajstić information content (AvgIpc) is 2.68. The fourth-order valence-corrected chi connectivity index (χ4v) is 5.57. The number of nitrogens with one attached hydrogen (secondary N) is 2. The first kappa shape index (κ1) is 20.3. The minimum atomic E-state index is -3.46. The Balaban J connectivity index is 1.54. The smallest absolute Gasteiger partial charge is 0.243 e. The highest BCUT2D eigenvalue weighted by Gasteiger charge is 2.28. The van der Waals surface area contributed by atoms with Gasteiger partial charge in [-0.2, -0.15) is 4.31 Å². The molecule has 0 radical (unpaired) electrons. The highest BCUT2D eigenvalue weighted by Crippen LogP contribution is 2.24. The Hall–Kier alpha value is -1.44. The van der Waals surface area contributed by atoms with Crippen molar-refractivity contribution in [3.63, 3.8) is 0 Å². The van der Waals surface area contributed by atoms with E-state index in [0.717, 1.165) is 25.7 Å². The molecule has 1 aromatic carbocycles. The minimum Gasteiger partial charge on any atom is -0.325 e. The predicted octanol–water partition coefficient (Wildman–Crippen LogP) is 2.97. The Morgan fingerprint density at radius 1 is 1.07 bits per heavy atom. The summed E-state index contributed by atoms with van der Waals surface area (Å²) in [5.74, 6) is 0.296. The Kier molecular flexibility index (Phi) is 6.89. The van der Waals surface area contributed by atoms with Gasteiger partial charge in [0.25, 0.3) is 0 Å². The Morgan fingerprint density at radius 2 is 1.78 bits per heavy atom. The molecule has 2 fully saturated rings. The quantitative estimate of drug-likeness (QED) is 0.779. The van der Waals surface area contributed by atoms with Crippen LogP contribution >= 0.6 is 0 Å². The molecule has 1 heterocycles. The van der Waals surface area contributed by atoms with Crippen LogP contribution in [-0.4, -0.2) is 44.3 Å². The van der Waals surface area contributed by atoms with Crippen molar-refractivity contribution < 1.29 is 13.2 Å². The summed E-state index contributed by atoms with van der Waals surface area (Å²) in [6, 6.07) is 6.93. The van der Waals surface area contributed by atoms with Gasteiger partial charge in [0.15, 0.2) is 0 Å². The van der Waals surface area contributed by atoms with Gasteiger partial charge in [-0.25, -0.2) is 8.42 Å². The SMILES string of the molecule is CC1CCCN(S(=O)(=O)c2ccc(NC(=O)CNC3CCCCC3)cc2)C1. The number of rotatable bonds is 6. The zero-order valence-corrected chi connectivity index (χ0v) is 16.9. The van der Waals surface area contributed by atoms with Crippen LogP contribution in [0.5, 0.6) is 0 Å². The topological polar surface area (TPSA) is 78.5 Å². The lowest BCUT2D eigenvalue weighted by atomic mass is 9.95. The van der Waals surface area contributed by atoms with E-state index < -0.39 is 10.0 Å². The van der Waals surface area contributed by atoms with Gasteiger partial charge in [-0.05, 0) is 55.9 Å². The predicted molar refractivity (Wildman–Crippen MR) is 107 cm³/mol. The molecule has 27 heavy (non-hydrogen) atoms. The third-order valence-corrected chi connectivity index (χ3v) is 7.43. The Bertz CT molecular complexity index is 727. The number of nitrogens with zero attached hydrogens (tertiary/aromatic N) is 1. The van der Waals surface area contributed by atoms with E-state index >= 15 is 0 Å². The molecule has 1 unspecified atom stereocenters. The largest absolute Gasteiger partial charge is 0.325 e. The maximum absolute atomic E-state index is 12.8. The summed E-state index contributed by atoms with van der Waals surface area (Å²) in [6.45, 7) is 3.53. The molecule has 150 valence electrons. The van der Waals surface area contributed by atoms with Gasteiger partial charge in [-0.1, -0.05) is 26.2 Å². The minimum absolute atomic E-state index is 0.0963. The first-order valence-electron chi connectivity index (χ1n) is 10.1. The Labute approximate surface area is 162 Å². The van der Waals surface area contributed by atoms with Crippen LogP contribution in [0.1, 0.15) is 51.9 Å². The standard InChI is InChI=1S/C20H31N3O3S/c1-16-6-5-13-23(15-16)27(25,26)19-11-9-18(10-12-19)22-20(24)14-21-17-7-3-2-4-8-17/h9-12,16-17,21H,2-8,13-15H2,1H3,(H,22,24). The van der Waals surface area contributed by atoms with Crippen LogP contribution in [0.3, 0.4) is 0 Å². The molecule has 0 bridgehead atoms. The molecule has 1 aliphatic heterocycles. The van der Waals surface area contributed by atoms with Crippen LogP contribution in [0, 0.1) is 5.92 Å². The first-order chi connectivity index (χ1) is 12.9. The number of benzene rings is 1. The van der Waals surface area contributed by atoms with Crippen LogP contribution in [0.2, 0.25) is 0 Å². The number of carbonyl (C=O) groups is 1. The van der Waals surface area contributed by atoms with E-state index in [1.165, 1.54) is 19.3 Å². The number of amides is 1. The van der Waals surface area contributed by atoms with Crippen LogP contribution < -0.4 is 10.6 Å². The molecule has 1 atom stereocenters. The summed E-state index contributed by atoms with van der Waals surface area (Å²) < 4.78 is 27.1. The summed E-state index contributed by atoms with van der Waals surface area (Å²) >= 11 is 0. The summed E-state index contributed by atoms with van der Waals surface area (Å²) in [5.41, 5.74) is 0.622. The molecule has 2 aliphatic rings. The molecule has 1 aromatic rings. The molecular weight excluding hydrogens is 362 g/mol. The van der Waals surface area contributed by atoms with Crippen molar-refractivity contribution in [3.05, 3.63) is 24.3 Å². The lowest BCUT2D eigenvalue weighted by molar-refractivity contribution is -0.115. The lowest BCUT2D eigenvalue weighted by Crippen LogP contribution is -2.39. The monoisotopic (exact) mass is 393 g/mol. The van der Waals surface area contributed by atoms with E-state index in [9.17, 15) is 13.2 Å². The van der Waals surface area contributed by atoms with Gasteiger partial charge in [-0.15, -0.1) is 0 Å². The van der Waals surface area contributed by atoms with E-state index in [0.29, 0.717) is 30.7 Å². The molecular formula is C20H31N3O3S. The van der Waals surface area contributed by atoms with Crippen molar-refractivity contribution in [2.75, 3.05) is 25.0 Å². The summed E-state index contributed by atoms with van der Waals surface area (Å²) in [5, 5.41) is 6.15. The fourth-order valence-electron chi connectivity index (χ4n) is 3.97. The highest BCUT2D eigenvalue weighted by atomic mass is 32.2. The fraction of sp³-hybridized carbons (Fsp3) is 0.650. The molecule has 7 heteroatoms. The van der Waals surface area contributed by atoms with Crippen molar-refractivity contribution in [3.8, 4) is 0 Å². The van der Waals surface area contributed by atoms with Crippen molar-refractivity contribution in [2.45, 2.75) is 62.8 Å². The van der Waals surface area contributed by atoms with E-state index in [1.807, 2.05) is 0 Å². The number of carbonyl (C=O) groups excluding carboxylic acids is 1. The summed E-state index contributed by atoms with van der Waals surface area (Å²) in [4.78, 5) is 12.4. The van der Waals surface area contributed by atoms with Crippen LogP contribution in [-0.2, 0) is 14.8 Å². The second kappa shape index (κ2) is 9.17. The number of sulfonamides is 1. The average molecular weight is 394 g/mol. The van der Waals surface area contributed by atoms with Gasteiger partial charge < -0.3 is 10.6 Å². The van der Waals surface area contributed by atoms with Gasteiger partial charge in [0, 0.05) is 24.8 Å². The molecule has 0 spiro atoms. The normalized spacial score (nSPS) is 22.5. The molecule has 1 amide bonds. The maximum atomic E-state index is 12.8. The van der Waals surface area contributed by atoms with Crippen LogP contribution in [0.4, 0.5) is 5.69 Å². The maximum Gasteiger partial charge on any atom is 0.243 e. The van der Waals surface area contributed by atoms with Gasteiger partial charge in [0.1, 0.15) is 0 Å². The second-order valence-corrected chi connectivity index (χ2v) is 9.84. The number of hydrogen-bond donors (Lipinski definition) is 2. The van der Waals surface area contributed by atoms with Gasteiger partial charge in [0.05, 0.1) is 11.4 Å². The van der Waals surface area contributed by atoms with Gasteiger partial charge in [-0.3, -0.25) is 4.79 Å². The highest BCUT2D eigenvalue weighted by molar-refractivity contribution is 7.89. The van der Waals surface area contributed by atoms with Crippen molar-refractivity contribution in [1.29, 1.82) is 0 Å². The molecule has 1 saturated heterocycles. The van der Waals surface area contributed by atoms with Crippen molar-refractivity contribution in [2.24, 2.45) is 5.92 Å². The van der Waals surface area contributed by atoms with Crippen LogP contribution in [0.15, 0.2) is 29.2 Å². The number of anilines is 1. The zero-order chi connectivity index (χ0) is 19.3. The van der Waals surface area contributed by atoms with E-state index in [4.69, 9.17) is 0 Å². The molecule has 2 N–H and O–H groups in total. The molecule has 6 nitrogen and oxygen atoms in total. The lowest BCUT2D eigenvalue weighted by Gasteiger charge is -2.30. The van der Waals surface area contributed by atoms with E-state index in [-0.39, 0.29) is 17.3 Å². The van der Waals surface area contributed by atoms with Gasteiger partial charge >= 0.3 is 0 Å². The van der Waals surface area contributed by atoms with Crippen molar-refractivity contribution in [1.82, 2.24) is 9.62 Å². The van der Waals surface area contributed by atoms with Gasteiger partial charge in [0.2, 0.25) is 15.9 Å². The third kappa shape index (κ3) is 5.53. The summed E-state index contributed by atoms with van der Waals surface area (Å²) in [7, 11) is -3.46.